The second-order valence-electron chi connectivity index (χ2n) is 6.80. The summed E-state index contributed by atoms with van der Waals surface area (Å²) in [6, 6.07) is 30.3. The van der Waals surface area contributed by atoms with Gasteiger partial charge in [0, 0.05) is 12.6 Å². The number of hydrogen-bond acceptors (Lipinski definition) is 1. The molecule has 0 aliphatic carbocycles. The van der Waals surface area contributed by atoms with Gasteiger partial charge in [-0.05, 0) is 48.1 Å². The Morgan fingerprint density at radius 1 is 0.846 bits per heavy atom. The highest BCUT2D eigenvalue weighted by atomic mass is 14.9. The maximum Gasteiger partial charge on any atom is 0.0146 e. The van der Waals surface area contributed by atoms with Gasteiger partial charge in [-0.3, -0.25) is 0 Å². The summed E-state index contributed by atoms with van der Waals surface area (Å²) in [6.45, 7) is 5.28. The molecule has 0 heterocycles. The highest BCUT2D eigenvalue weighted by Crippen LogP contribution is 2.25. The van der Waals surface area contributed by atoms with Gasteiger partial charge in [-0.2, -0.15) is 0 Å². The van der Waals surface area contributed by atoms with Crippen LogP contribution >= 0.6 is 0 Å². The van der Waals surface area contributed by atoms with Gasteiger partial charge in [0.15, 0.2) is 0 Å². The molecule has 26 heavy (non-hydrogen) atoms. The third-order valence-electron chi connectivity index (χ3n) is 4.68. The van der Waals surface area contributed by atoms with Crippen molar-refractivity contribution < 1.29 is 0 Å². The highest BCUT2D eigenvalue weighted by Gasteiger charge is 2.08. The van der Waals surface area contributed by atoms with E-state index in [1.807, 2.05) is 0 Å². The summed E-state index contributed by atoms with van der Waals surface area (Å²) in [5.41, 5.74) is 6.54. The van der Waals surface area contributed by atoms with E-state index in [9.17, 15) is 0 Å². The van der Waals surface area contributed by atoms with Gasteiger partial charge in [0.05, 0.1) is 0 Å². The van der Waals surface area contributed by atoms with Crippen LogP contribution in [0.4, 0.5) is 0 Å². The van der Waals surface area contributed by atoms with Crippen LogP contribution in [0.1, 0.15) is 29.2 Å². The molecule has 3 rings (SSSR count). The van der Waals surface area contributed by atoms with Crippen molar-refractivity contribution in [3.05, 3.63) is 113 Å². The largest absolute Gasteiger partial charge is 0.310 e. The van der Waals surface area contributed by atoms with Gasteiger partial charge >= 0.3 is 0 Å². The predicted octanol–water partition coefficient (Wildman–Crippen LogP) is 5.65. The fourth-order valence-corrected chi connectivity index (χ4v) is 3.28. The van der Waals surface area contributed by atoms with E-state index in [1.54, 1.807) is 0 Å². The Morgan fingerprint density at radius 2 is 1.46 bits per heavy atom. The van der Waals surface area contributed by atoms with E-state index in [-0.39, 0.29) is 0 Å². The van der Waals surface area contributed by atoms with Gasteiger partial charge < -0.3 is 5.32 Å². The molecule has 3 aromatic rings. The molecule has 0 bridgehead atoms. The van der Waals surface area contributed by atoms with Crippen molar-refractivity contribution in [3.63, 3.8) is 0 Å². The lowest BCUT2D eigenvalue weighted by Crippen LogP contribution is -2.28. The third kappa shape index (κ3) is 4.93. The first kappa shape index (κ1) is 18.2. The summed E-state index contributed by atoms with van der Waals surface area (Å²) in [5, 5.41) is 3.64. The number of aryl methyl sites for hydroxylation is 1. The van der Waals surface area contributed by atoms with Crippen LogP contribution in [0, 0.1) is 6.92 Å². The smallest absolute Gasteiger partial charge is 0.0146 e. The SMILES string of the molecule is Cc1ccccc1/C(=C\CNC(C)Cc1ccccc1)c1ccccc1. The average Bonchev–Trinajstić information content (AvgIpc) is 2.68. The number of nitrogens with one attached hydrogen (secondary N) is 1. The zero-order valence-corrected chi connectivity index (χ0v) is 15.7. The van der Waals surface area contributed by atoms with Crippen molar-refractivity contribution in [2.45, 2.75) is 26.3 Å². The quantitative estimate of drug-likeness (QED) is 0.586. The molecule has 0 fully saturated rings. The number of rotatable bonds is 7. The Hall–Kier alpha value is -2.64. The van der Waals surface area contributed by atoms with Crippen LogP contribution < -0.4 is 5.32 Å². The predicted molar refractivity (Wildman–Crippen MR) is 112 cm³/mol. The molecule has 1 unspecified atom stereocenters. The van der Waals surface area contributed by atoms with E-state index < -0.39 is 0 Å². The molecule has 1 heteroatoms. The van der Waals surface area contributed by atoms with Crippen molar-refractivity contribution >= 4 is 5.57 Å². The zero-order chi connectivity index (χ0) is 18.2. The van der Waals surface area contributed by atoms with E-state index >= 15 is 0 Å². The summed E-state index contributed by atoms with van der Waals surface area (Å²) in [7, 11) is 0. The van der Waals surface area contributed by atoms with Gasteiger partial charge in [-0.1, -0.05) is 91.0 Å². The lowest BCUT2D eigenvalue weighted by atomic mass is 9.94. The summed E-state index contributed by atoms with van der Waals surface area (Å²) >= 11 is 0. The fourth-order valence-electron chi connectivity index (χ4n) is 3.28. The summed E-state index contributed by atoms with van der Waals surface area (Å²) < 4.78 is 0. The lowest BCUT2D eigenvalue weighted by Gasteiger charge is -2.15. The van der Waals surface area contributed by atoms with Crippen LogP contribution in [-0.4, -0.2) is 12.6 Å². The van der Waals surface area contributed by atoms with Crippen LogP contribution in [0.5, 0.6) is 0 Å². The maximum absolute atomic E-state index is 3.64. The average molecular weight is 341 g/mol. The van der Waals surface area contributed by atoms with Crippen LogP contribution in [-0.2, 0) is 6.42 Å². The zero-order valence-electron chi connectivity index (χ0n) is 15.7. The number of benzene rings is 3. The standard InChI is InChI=1S/C25H27N/c1-20-11-9-10-16-24(20)25(23-14-7-4-8-15-23)17-18-26-21(2)19-22-12-5-3-6-13-22/h3-17,21,26H,18-19H2,1-2H3/b25-17-. The molecule has 0 aliphatic rings. The van der Waals surface area contributed by atoms with Crippen molar-refractivity contribution in [2.24, 2.45) is 0 Å². The molecule has 0 saturated heterocycles. The fraction of sp³-hybridized carbons (Fsp3) is 0.200. The van der Waals surface area contributed by atoms with Gasteiger partial charge in [0.25, 0.3) is 0 Å². The monoisotopic (exact) mass is 341 g/mol. The second kappa shape index (κ2) is 9.17. The van der Waals surface area contributed by atoms with Gasteiger partial charge in [-0.15, -0.1) is 0 Å². The van der Waals surface area contributed by atoms with Crippen LogP contribution in [0.15, 0.2) is 91.0 Å². The van der Waals surface area contributed by atoms with Gasteiger partial charge in [0.1, 0.15) is 0 Å². The molecule has 1 nitrogen and oxygen atoms in total. The molecule has 0 spiro atoms. The van der Waals surface area contributed by atoms with Crippen LogP contribution in [0.25, 0.3) is 5.57 Å². The number of hydrogen-bond donors (Lipinski definition) is 1. The van der Waals surface area contributed by atoms with Crippen molar-refractivity contribution in [1.29, 1.82) is 0 Å². The molecular weight excluding hydrogens is 314 g/mol. The van der Waals surface area contributed by atoms with Gasteiger partial charge in [0.2, 0.25) is 0 Å². The van der Waals surface area contributed by atoms with Crippen molar-refractivity contribution in [1.82, 2.24) is 5.32 Å². The minimum Gasteiger partial charge on any atom is -0.310 e. The molecule has 0 saturated carbocycles. The normalized spacial score (nSPS) is 12.8. The van der Waals surface area contributed by atoms with E-state index in [1.165, 1.54) is 27.8 Å². The molecule has 132 valence electrons. The molecule has 1 atom stereocenters. The van der Waals surface area contributed by atoms with Crippen molar-refractivity contribution in [3.8, 4) is 0 Å². The maximum atomic E-state index is 3.64. The summed E-state index contributed by atoms with van der Waals surface area (Å²) in [5.74, 6) is 0. The van der Waals surface area contributed by atoms with Crippen molar-refractivity contribution in [2.75, 3.05) is 6.54 Å². The Labute approximate surface area is 157 Å². The Bertz CT molecular complexity index is 834. The molecule has 3 aromatic carbocycles. The van der Waals surface area contributed by atoms with Crippen LogP contribution in [0.3, 0.4) is 0 Å². The summed E-state index contributed by atoms with van der Waals surface area (Å²) in [4.78, 5) is 0. The highest BCUT2D eigenvalue weighted by molar-refractivity contribution is 5.81. The first-order chi connectivity index (χ1) is 12.7. The Morgan fingerprint density at radius 3 is 2.15 bits per heavy atom. The van der Waals surface area contributed by atoms with E-state index in [0.29, 0.717) is 6.04 Å². The van der Waals surface area contributed by atoms with Gasteiger partial charge in [-0.25, -0.2) is 0 Å². The van der Waals surface area contributed by atoms with E-state index in [2.05, 4.69) is 110 Å². The molecule has 0 amide bonds. The van der Waals surface area contributed by atoms with E-state index in [4.69, 9.17) is 0 Å². The molecular formula is C25H27N. The molecule has 0 aliphatic heterocycles. The second-order valence-corrected chi connectivity index (χ2v) is 6.80. The first-order valence-corrected chi connectivity index (χ1v) is 9.33. The van der Waals surface area contributed by atoms with Crippen LogP contribution in [0.2, 0.25) is 0 Å². The molecule has 1 N–H and O–H groups in total. The first-order valence-electron chi connectivity index (χ1n) is 9.33. The lowest BCUT2D eigenvalue weighted by molar-refractivity contribution is 0.581. The molecule has 0 aromatic heterocycles. The third-order valence-corrected chi connectivity index (χ3v) is 4.68. The van der Waals surface area contributed by atoms with E-state index in [0.717, 1.165) is 13.0 Å². The minimum absolute atomic E-state index is 0.433. The molecule has 0 radical (unpaired) electrons. The minimum atomic E-state index is 0.433. The Kier molecular flexibility index (Phi) is 6.40. The Balaban J connectivity index is 1.74. The topological polar surface area (TPSA) is 12.0 Å². The summed E-state index contributed by atoms with van der Waals surface area (Å²) in [6.07, 6.45) is 3.36.